The fraction of sp³-hybridized carbons (Fsp3) is 1.00. The van der Waals surface area contributed by atoms with Crippen LogP contribution in [0.2, 0.25) is 0 Å². The number of hydrogen-bond acceptors (Lipinski definition) is 4. The van der Waals surface area contributed by atoms with Gasteiger partial charge in [-0.2, -0.15) is 17.4 Å². The summed E-state index contributed by atoms with van der Waals surface area (Å²) in [5.41, 5.74) is 5.34. The molecule has 1 aliphatic heterocycles. The molecule has 0 aromatic carbocycles. The maximum Gasteiger partial charge on any atom is 0.279 e. The Balaban J connectivity index is 2.54. The summed E-state index contributed by atoms with van der Waals surface area (Å²) < 4.78 is 32.3. The number of rotatable bonds is 4. The highest BCUT2D eigenvalue weighted by molar-refractivity contribution is 7.87. The second-order valence-electron chi connectivity index (χ2n) is 3.27. The van der Waals surface area contributed by atoms with Crippen LogP contribution in [0.3, 0.4) is 0 Å². The predicted molar refractivity (Wildman–Crippen MR) is 53.0 cm³/mol. The first-order chi connectivity index (χ1) is 6.56. The van der Waals surface area contributed by atoms with E-state index in [4.69, 9.17) is 10.5 Å². The van der Waals surface area contributed by atoms with Crippen molar-refractivity contribution in [2.24, 2.45) is 5.73 Å². The summed E-state index contributed by atoms with van der Waals surface area (Å²) in [6, 6.07) is -0.233. The van der Waals surface area contributed by atoms with Crippen LogP contribution in [0.5, 0.6) is 0 Å². The molecule has 0 amide bonds. The second kappa shape index (κ2) is 5.04. The molecule has 0 aromatic rings. The molecule has 1 aliphatic rings. The van der Waals surface area contributed by atoms with Gasteiger partial charge >= 0.3 is 0 Å². The summed E-state index contributed by atoms with van der Waals surface area (Å²) in [5, 5.41) is 0. The van der Waals surface area contributed by atoms with E-state index in [1.165, 1.54) is 4.31 Å². The van der Waals surface area contributed by atoms with Crippen LogP contribution in [-0.2, 0) is 14.9 Å². The molecule has 6 nitrogen and oxygen atoms in total. The number of nitrogens with two attached hydrogens (primary N) is 1. The van der Waals surface area contributed by atoms with Crippen molar-refractivity contribution in [3.8, 4) is 0 Å². The van der Waals surface area contributed by atoms with Gasteiger partial charge in [-0.15, -0.1) is 0 Å². The van der Waals surface area contributed by atoms with Crippen molar-refractivity contribution in [2.75, 3.05) is 32.8 Å². The minimum absolute atomic E-state index is 0.233. The molecule has 0 radical (unpaired) electrons. The Labute approximate surface area is 84.6 Å². The Hall–Kier alpha value is -0.210. The van der Waals surface area contributed by atoms with E-state index in [0.717, 1.165) is 0 Å². The molecule has 1 heterocycles. The van der Waals surface area contributed by atoms with Gasteiger partial charge in [0.2, 0.25) is 0 Å². The maximum atomic E-state index is 11.7. The molecular weight excluding hydrogens is 206 g/mol. The van der Waals surface area contributed by atoms with Gasteiger partial charge in [0, 0.05) is 25.7 Å². The first-order valence-electron chi connectivity index (χ1n) is 4.61. The lowest BCUT2D eigenvalue weighted by Crippen LogP contribution is -2.50. The lowest BCUT2D eigenvalue weighted by molar-refractivity contribution is 0.0723. The summed E-state index contributed by atoms with van der Waals surface area (Å²) in [7, 11) is -3.37. The molecule has 3 N–H and O–H groups in total. The third-order valence-electron chi connectivity index (χ3n) is 2.01. The van der Waals surface area contributed by atoms with Crippen molar-refractivity contribution in [1.29, 1.82) is 0 Å². The summed E-state index contributed by atoms with van der Waals surface area (Å²) in [6.07, 6.45) is 0. The highest BCUT2D eigenvalue weighted by Gasteiger charge is 2.24. The lowest BCUT2D eigenvalue weighted by Gasteiger charge is -2.27. The van der Waals surface area contributed by atoms with E-state index in [0.29, 0.717) is 32.8 Å². The minimum Gasteiger partial charge on any atom is -0.379 e. The van der Waals surface area contributed by atoms with Crippen LogP contribution in [0.25, 0.3) is 0 Å². The first-order valence-corrected chi connectivity index (χ1v) is 6.05. The van der Waals surface area contributed by atoms with Crippen LogP contribution < -0.4 is 10.5 Å². The van der Waals surface area contributed by atoms with Gasteiger partial charge in [0.25, 0.3) is 10.2 Å². The van der Waals surface area contributed by atoms with Gasteiger partial charge in [-0.3, -0.25) is 0 Å². The average molecular weight is 223 g/mol. The zero-order chi connectivity index (χ0) is 10.6. The normalized spacial score (nSPS) is 22.1. The maximum absolute atomic E-state index is 11.7. The van der Waals surface area contributed by atoms with Crippen LogP contribution in [-0.4, -0.2) is 51.6 Å². The molecule has 0 bridgehead atoms. The first kappa shape index (κ1) is 11.9. The molecule has 1 rings (SSSR count). The van der Waals surface area contributed by atoms with E-state index >= 15 is 0 Å². The van der Waals surface area contributed by atoms with Crippen molar-refractivity contribution >= 4 is 10.2 Å². The molecule has 7 heteroatoms. The van der Waals surface area contributed by atoms with Gasteiger partial charge in [0.1, 0.15) is 0 Å². The van der Waals surface area contributed by atoms with Gasteiger partial charge in [0.15, 0.2) is 0 Å². The van der Waals surface area contributed by atoms with Crippen LogP contribution in [0.15, 0.2) is 0 Å². The van der Waals surface area contributed by atoms with Gasteiger partial charge in [-0.1, -0.05) is 0 Å². The molecule has 14 heavy (non-hydrogen) atoms. The van der Waals surface area contributed by atoms with Gasteiger partial charge < -0.3 is 10.5 Å². The van der Waals surface area contributed by atoms with Gasteiger partial charge in [0.05, 0.1) is 13.2 Å². The molecule has 1 fully saturated rings. The number of morpholine rings is 1. The molecule has 0 aromatic heterocycles. The molecule has 0 saturated carbocycles. The van der Waals surface area contributed by atoms with E-state index in [1.54, 1.807) is 6.92 Å². The van der Waals surface area contributed by atoms with E-state index in [-0.39, 0.29) is 6.04 Å². The monoisotopic (exact) mass is 223 g/mol. The summed E-state index contributed by atoms with van der Waals surface area (Å²) in [4.78, 5) is 0. The number of nitrogens with one attached hydrogen (secondary N) is 1. The Bertz CT molecular complexity index is 261. The standard InChI is InChI=1S/C7H17N3O3S/c1-7(6-8)9-14(11,12)10-2-4-13-5-3-10/h7,9H,2-6,8H2,1H3/t7-/m1/s1. The number of nitrogens with zero attached hydrogens (tertiary/aromatic N) is 1. The fourth-order valence-corrected chi connectivity index (χ4v) is 2.55. The van der Waals surface area contributed by atoms with E-state index in [1.807, 2.05) is 0 Å². The fourth-order valence-electron chi connectivity index (χ4n) is 1.16. The molecule has 1 saturated heterocycles. The molecule has 1 atom stereocenters. The van der Waals surface area contributed by atoms with Crippen LogP contribution in [0, 0.1) is 0 Å². The van der Waals surface area contributed by atoms with Crippen molar-refractivity contribution < 1.29 is 13.2 Å². The van der Waals surface area contributed by atoms with Crippen LogP contribution in [0.1, 0.15) is 6.92 Å². The third kappa shape index (κ3) is 3.18. The summed E-state index contributed by atoms with van der Waals surface area (Å²) in [6.45, 7) is 3.76. The minimum atomic E-state index is -3.37. The quantitative estimate of drug-likeness (QED) is 0.607. The van der Waals surface area contributed by atoms with Crippen molar-refractivity contribution in [3.63, 3.8) is 0 Å². The van der Waals surface area contributed by atoms with Crippen molar-refractivity contribution in [2.45, 2.75) is 13.0 Å². The van der Waals surface area contributed by atoms with Gasteiger partial charge in [-0.05, 0) is 6.92 Å². The van der Waals surface area contributed by atoms with E-state index in [2.05, 4.69) is 4.72 Å². The van der Waals surface area contributed by atoms with Crippen LogP contribution in [0.4, 0.5) is 0 Å². The van der Waals surface area contributed by atoms with Crippen molar-refractivity contribution in [1.82, 2.24) is 9.03 Å². The van der Waals surface area contributed by atoms with Crippen molar-refractivity contribution in [3.05, 3.63) is 0 Å². The van der Waals surface area contributed by atoms with Gasteiger partial charge in [-0.25, -0.2) is 0 Å². The zero-order valence-corrected chi connectivity index (χ0v) is 9.09. The lowest BCUT2D eigenvalue weighted by atomic mass is 10.4. The summed E-state index contributed by atoms with van der Waals surface area (Å²) in [5.74, 6) is 0. The highest BCUT2D eigenvalue weighted by atomic mass is 32.2. The molecule has 0 unspecified atom stereocenters. The largest absolute Gasteiger partial charge is 0.379 e. The number of ether oxygens (including phenoxy) is 1. The predicted octanol–water partition coefficient (Wildman–Crippen LogP) is -1.50. The Morgan fingerprint density at radius 1 is 1.50 bits per heavy atom. The second-order valence-corrected chi connectivity index (χ2v) is 4.97. The molecule has 0 spiro atoms. The topological polar surface area (TPSA) is 84.7 Å². The van der Waals surface area contributed by atoms with Crippen LogP contribution >= 0.6 is 0 Å². The molecule has 0 aliphatic carbocycles. The average Bonchev–Trinajstić information content (AvgIpc) is 2.18. The zero-order valence-electron chi connectivity index (χ0n) is 8.27. The van der Waals surface area contributed by atoms with E-state index in [9.17, 15) is 8.42 Å². The molecular formula is C7H17N3O3S. The third-order valence-corrected chi connectivity index (χ3v) is 3.76. The Kier molecular flexibility index (Phi) is 4.27. The highest BCUT2D eigenvalue weighted by Crippen LogP contribution is 2.03. The number of hydrogen-bond donors (Lipinski definition) is 2. The molecule has 84 valence electrons. The smallest absolute Gasteiger partial charge is 0.279 e. The summed E-state index contributed by atoms with van der Waals surface area (Å²) >= 11 is 0. The Morgan fingerprint density at radius 2 is 2.07 bits per heavy atom. The Morgan fingerprint density at radius 3 is 2.57 bits per heavy atom. The van der Waals surface area contributed by atoms with E-state index < -0.39 is 10.2 Å². The SMILES string of the molecule is C[C@H](CN)NS(=O)(=O)N1CCOCC1.